The molecular formula is C20H26ClN3O. The molecule has 1 heterocycles. The molecule has 1 unspecified atom stereocenters. The number of carbonyl (C=O) groups is 1. The fraction of sp³-hybridized carbons (Fsp3) is 0.300. The van der Waals surface area contributed by atoms with Gasteiger partial charge in [-0.1, -0.05) is 36.4 Å². The summed E-state index contributed by atoms with van der Waals surface area (Å²) in [5, 5.41) is 5.20. The number of halogens is 1. The van der Waals surface area contributed by atoms with Gasteiger partial charge in [0.15, 0.2) is 0 Å². The highest BCUT2D eigenvalue weighted by Gasteiger charge is 2.20. The van der Waals surface area contributed by atoms with E-state index < -0.39 is 0 Å². The van der Waals surface area contributed by atoms with Crippen molar-refractivity contribution in [2.24, 2.45) is 5.92 Å². The maximum Gasteiger partial charge on any atom is 0.251 e. The minimum Gasteiger partial charge on any atom is -0.352 e. The van der Waals surface area contributed by atoms with E-state index in [-0.39, 0.29) is 21.2 Å². The second kappa shape index (κ2) is 7.70. The Kier molecular flexibility index (Phi) is 5.39. The Hall–Kier alpha value is -2.33. The average Bonchev–Trinajstić information content (AvgIpc) is 3.09. The van der Waals surface area contributed by atoms with Gasteiger partial charge in [-0.15, -0.1) is 12.4 Å². The molecule has 1 aliphatic carbocycles. The van der Waals surface area contributed by atoms with Crippen LogP contribution in [0.15, 0.2) is 48.8 Å². The van der Waals surface area contributed by atoms with Crippen LogP contribution in [0.5, 0.6) is 0 Å². The molecule has 0 aliphatic heterocycles. The molecule has 5 heteroatoms. The molecule has 4 nitrogen and oxygen atoms in total. The maximum absolute atomic E-state index is 12.5. The monoisotopic (exact) mass is 359 g/mol. The predicted octanol–water partition coefficient (Wildman–Crippen LogP) is 4.40. The van der Waals surface area contributed by atoms with Gasteiger partial charge in [0, 0.05) is 20.7 Å². The molecule has 134 valence electrons. The lowest BCUT2D eigenvalue weighted by Gasteiger charge is -2.21. The lowest BCUT2D eigenvalue weighted by atomic mass is 9.87. The lowest BCUT2D eigenvalue weighted by Crippen LogP contribution is -2.27. The Morgan fingerprint density at radius 3 is 3.00 bits per heavy atom. The minimum absolute atomic E-state index is 0. The SMILES string of the molecule is Cl.O=C(NCCC1CCc2nc[nH]c2C1)c1cccc2ccccc12.[HH].[HH]. The summed E-state index contributed by atoms with van der Waals surface area (Å²) in [4.78, 5) is 20.1. The van der Waals surface area contributed by atoms with Gasteiger partial charge in [0.05, 0.1) is 12.0 Å². The third-order valence-corrected chi connectivity index (χ3v) is 4.96. The third kappa shape index (κ3) is 3.69. The third-order valence-electron chi connectivity index (χ3n) is 4.96. The molecule has 0 fully saturated rings. The summed E-state index contributed by atoms with van der Waals surface area (Å²) >= 11 is 0. The van der Waals surface area contributed by atoms with Crippen molar-refractivity contribution in [3.8, 4) is 0 Å². The number of hydrogen-bond acceptors (Lipinski definition) is 2. The number of benzene rings is 2. The maximum atomic E-state index is 12.5. The van der Waals surface area contributed by atoms with E-state index in [0.717, 1.165) is 48.6 Å². The summed E-state index contributed by atoms with van der Waals surface area (Å²) in [6.45, 7) is 0.718. The van der Waals surface area contributed by atoms with Crippen LogP contribution in [0, 0.1) is 5.92 Å². The van der Waals surface area contributed by atoms with E-state index in [2.05, 4.69) is 15.3 Å². The molecule has 0 radical (unpaired) electrons. The standard InChI is InChI=1S/C20H21N3O.ClH.2H2/c24-20(17-7-3-5-15-4-1-2-6-16(15)17)21-11-10-14-8-9-18-19(12-14)23-13-22-18;;;/h1-7,13-14H,8-12H2,(H,21,24)(H,22,23);3*1H. The van der Waals surface area contributed by atoms with E-state index in [9.17, 15) is 4.79 Å². The van der Waals surface area contributed by atoms with Crippen molar-refractivity contribution in [3.63, 3.8) is 0 Å². The highest BCUT2D eigenvalue weighted by molar-refractivity contribution is 6.06. The molecule has 0 saturated heterocycles. The Morgan fingerprint density at radius 1 is 1.24 bits per heavy atom. The van der Waals surface area contributed by atoms with E-state index in [1.165, 1.54) is 11.4 Å². The van der Waals surface area contributed by atoms with Crippen LogP contribution in [0.2, 0.25) is 0 Å². The number of amides is 1. The zero-order valence-electron chi connectivity index (χ0n) is 14.0. The Bertz CT molecular complexity index is 879. The second-order valence-electron chi connectivity index (χ2n) is 6.51. The van der Waals surface area contributed by atoms with Crippen LogP contribution in [0.25, 0.3) is 10.8 Å². The smallest absolute Gasteiger partial charge is 0.251 e. The van der Waals surface area contributed by atoms with Crippen LogP contribution in [0.1, 0.15) is 37.4 Å². The van der Waals surface area contributed by atoms with Crippen molar-refractivity contribution >= 4 is 29.1 Å². The van der Waals surface area contributed by atoms with Crippen molar-refractivity contribution < 1.29 is 7.65 Å². The first-order chi connectivity index (χ1) is 11.8. The molecular weight excluding hydrogens is 334 g/mol. The first-order valence-corrected chi connectivity index (χ1v) is 8.58. The number of fused-ring (bicyclic) bond motifs is 2. The fourth-order valence-corrected chi connectivity index (χ4v) is 3.63. The molecule has 4 rings (SSSR count). The van der Waals surface area contributed by atoms with Crippen LogP contribution in [0.3, 0.4) is 0 Å². The molecule has 2 aromatic carbocycles. The first kappa shape index (κ1) is 17.5. The van der Waals surface area contributed by atoms with Crippen LogP contribution in [-0.2, 0) is 12.8 Å². The van der Waals surface area contributed by atoms with Gasteiger partial charge in [-0.3, -0.25) is 4.79 Å². The number of carbonyl (C=O) groups excluding carboxylic acids is 1. The number of hydrogen-bond donors (Lipinski definition) is 2. The first-order valence-electron chi connectivity index (χ1n) is 8.58. The highest BCUT2D eigenvalue weighted by Crippen LogP contribution is 2.25. The number of H-pyrrole nitrogens is 1. The fourth-order valence-electron chi connectivity index (χ4n) is 3.63. The van der Waals surface area contributed by atoms with Gasteiger partial charge in [-0.25, -0.2) is 4.98 Å². The molecule has 2 N–H and O–H groups in total. The number of imidazole rings is 1. The molecule has 0 saturated carbocycles. The minimum atomic E-state index is 0. The molecule has 1 atom stereocenters. The summed E-state index contributed by atoms with van der Waals surface area (Å²) in [6.07, 6.45) is 6.03. The van der Waals surface area contributed by atoms with E-state index in [1.807, 2.05) is 42.5 Å². The van der Waals surface area contributed by atoms with Crippen molar-refractivity contribution in [3.05, 3.63) is 65.7 Å². The lowest BCUT2D eigenvalue weighted by molar-refractivity contribution is 0.0952. The Balaban J connectivity index is 0.00000121. The van der Waals surface area contributed by atoms with Crippen LogP contribution in [-0.4, -0.2) is 22.4 Å². The van der Waals surface area contributed by atoms with Gasteiger partial charge in [0.1, 0.15) is 0 Å². The van der Waals surface area contributed by atoms with Gasteiger partial charge in [0.2, 0.25) is 0 Å². The largest absolute Gasteiger partial charge is 0.352 e. The highest BCUT2D eigenvalue weighted by atomic mass is 35.5. The van der Waals surface area contributed by atoms with Gasteiger partial charge >= 0.3 is 0 Å². The van der Waals surface area contributed by atoms with Crippen molar-refractivity contribution in [1.29, 1.82) is 0 Å². The Labute approximate surface area is 156 Å². The van der Waals surface area contributed by atoms with Crippen molar-refractivity contribution in [2.45, 2.75) is 25.7 Å². The predicted molar refractivity (Wildman–Crippen MR) is 106 cm³/mol. The zero-order chi connectivity index (χ0) is 16.4. The molecule has 25 heavy (non-hydrogen) atoms. The van der Waals surface area contributed by atoms with Gasteiger partial charge in [-0.05, 0) is 48.4 Å². The number of rotatable bonds is 4. The number of nitrogens with one attached hydrogen (secondary N) is 2. The molecule has 0 bridgehead atoms. The zero-order valence-corrected chi connectivity index (χ0v) is 14.8. The van der Waals surface area contributed by atoms with Crippen LogP contribution >= 0.6 is 12.4 Å². The number of aryl methyl sites for hydroxylation is 1. The van der Waals surface area contributed by atoms with Gasteiger partial charge < -0.3 is 10.3 Å². The van der Waals surface area contributed by atoms with E-state index in [1.54, 1.807) is 6.33 Å². The van der Waals surface area contributed by atoms with Gasteiger partial charge in [0.25, 0.3) is 5.91 Å². The topological polar surface area (TPSA) is 57.8 Å². The molecule has 3 aromatic rings. The normalized spacial score (nSPS) is 16.1. The van der Waals surface area contributed by atoms with Crippen molar-refractivity contribution in [2.75, 3.05) is 6.54 Å². The second-order valence-corrected chi connectivity index (χ2v) is 6.51. The van der Waals surface area contributed by atoms with Crippen LogP contribution < -0.4 is 5.32 Å². The summed E-state index contributed by atoms with van der Waals surface area (Å²) in [6, 6.07) is 13.9. The molecule has 1 aromatic heterocycles. The average molecular weight is 360 g/mol. The molecule has 1 amide bonds. The summed E-state index contributed by atoms with van der Waals surface area (Å²) < 4.78 is 0. The van der Waals surface area contributed by atoms with E-state index >= 15 is 0 Å². The van der Waals surface area contributed by atoms with Gasteiger partial charge in [-0.2, -0.15) is 0 Å². The number of aromatic nitrogens is 2. The van der Waals surface area contributed by atoms with Crippen LogP contribution in [0.4, 0.5) is 0 Å². The molecule has 0 spiro atoms. The quantitative estimate of drug-likeness (QED) is 0.725. The summed E-state index contributed by atoms with van der Waals surface area (Å²) in [5.74, 6) is 0.635. The molecule has 1 aliphatic rings. The number of aromatic amines is 1. The summed E-state index contributed by atoms with van der Waals surface area (Å²) in [7, 11) is 0. The summed E-state index contributed by atoms with van der Waals surface area (Å²) in [5.41, 5.74) is 3.24. The van der Waals surface area contributed by atoms with E-state index in [4.69, 9.17) is 0 Å². The Morgan fingerprint density at radius 2 is 2.08 bits per heavy atom. The number of nitrogens with zero attached hydrogens (tertiary/aromatic N) is 1. The van der Waals surface area contributed by atoms with Crippen molar-refractivity contribution in [1.82, 2.24) is 15.3 Å². The van der Waals surface area contributed by atoms with E-state index in [0.29, 0.717) is 5.92 Å².